The van der Waals surface area contributed by atoms with E-state index in [2.05, 4.69) is 0 Å². The van der Waals surface area contributed by atoms with E-state index in [1.54, 1.807) is 33.3 Å². The zero-order chi connectivity index (χ0) is 24.6. The van der Waals surface area contributed by atoms with Gasteiger partial charge in [-0.2, -0.15) is 0 Å². The molecule has 7 heteroatoms. The fourth-order valence-electron chi connectivity index (χ4n) is 4.57. The smallest absolute Gasteiger partial charge is 0.245 e. The molecular formula is C28H30ClFN2O2S. The van der Waals surface area contributed by atoms with E-state index in [4.69, 9.17) is 11.6 Å². The van der Waals surface area contributed by atoms with Crippen molar-refractivity contribution in [3.63, 3.8) is 0 Å². The topological polar surface area (TPSA) is 40.6 Å². The first-order valence-corrected chi connectivity index (χ1v) is 13.4. The van der Waals surface area contributed by atoms with E-state index in [-0.39, 0.29) is 30.2 Å². The predicted octanol–water partition coefficient (Wildman–Crippen LogP) is 6.56. The summed E-state index contributed by atoms with van der Waals surface area (Å²) in [6.07, 6.45) is 4.97. The van der Waals surface area contributed by atoms with Gasteiger partial charge in [-0.15, -0.1) is 22.9 Å². The Morgan fingerprint density at radius 2 is 1.66 bits per heavy atom. The number of thiophene rings is 1. The molecule has 1 heterocycles. The molecule has 1 atom stereocenters. The largest absolute Gasteiger partial charge is 0.332 e. The van der Waals surface area contributed by atoms with Crippen LogP contribution in [0.2, 0.25) is 0 Å². The fourth-order valence-corrected chi connectivity index (χ4v) is 5.56. The quantitative estimate of drug-likeness (QED) is 0.305. The van der Waals surface area contributed by atoms with Crippen molar-refractivity contribution in [2.24, 2.45) is 0 Å². The molecule has 0 bridgehead atoms. The summed E-state index contributed by atoms with van der Waals surface area (Å²) in [6.45, 7) is 0.752. The fraction of sp³-hybridized carbons (Fsp3) is 0.357. The van der Waals surface area contributed by atoms with E-state index in [9.17, 15) is 14.0 Å². The van der Waals surface area contributed by atoms with Crippen LogP contribution in [-0.2, 0) is 22.7 Å². The summed E-state index contributed by atoms with van der Waals surface area (Å²) < 4.78 is 13.4. The van der Waals surface area contributed by atoms with Crippen LogP contribution in [0.4, 0.5) is 4.39 Å². The summed E-state index contributed by atoms with van der Waals surface area (Å²) >= 11 is 8.22. The number of carbonyl (C=O) groups excluding carboxylic acids is 2. The van der Waals surface area contributed by atoms with Gasteiger partial charge in [-0.05, 0) is 47.5 Å². The van der Waals surface area contributed by atoms with E-state index < -0.39 is 5.38 Å². The van der Waals surface area contributed by atoms with Crippen LogP contribution >= 0.6 is 22.9 Å². The highest BCUT2D eigenvalue weighted by Crippen LogP contribution is 2.29. The van der Waals surface area contributed by atoms with Crippen LogP contribution in [-0.4, -0.2) is 34.2 Å². The van der Waals surface area contributed by atoms with E-state index >= 15 is 0 Å². The third-order valence-corrected chi connectivity index (χ3v) is 7.78. The van der Waals surface area contributed by atoms with Crippen molar-refractivity contribution < 1.29 is 14.0 Å². The molecule has 1 saturated carbocycles. The van der Waals surface area contributed by atoms with Gasteiger partial charge in [-0.3, -0.25) is 9.59 Å². The highest BCUT2D eigenvalue weighted by molar-refractivity contribution is 7.09. The Morgan fingerprint density at radius 1 is 0.943 bits per heavy atom. The minimum atomic E-state index is -0.839. The molecule has 2 amide bonds. The van der Waals surface area contributed by atoms with E-state index in [0.29, 0.717) is 13.1 Å². The van der Waals surface area contributed by atoms with Gasteiger partial charge in [-0.1, -0.05) is 67.8 Å². The molecule has 1 aromatic heterocycles. The highest BCUT2D eigenvalue weighted by atomic mass is 35.5. The lowest BCUT2D eigenvalue weighted by Crippen LogP contribution is -2.49. The number of hydrogen-bond donors (Lipinski definition) is 0. The van der Waals surface area contributed by atoms with Gasteiger partial charge in [0, 0.05) is 17.5 Å². The number of carbonyl (C=O) groups is 2. The Morgan fingerprint density at radius 3 is 2.31 bits per heavy atom. The second-order valence-electron chi connectivity index (χ2n) is 8.99. The monoisotopic (exact) mass is 512 g/mol. The maximum atomic E-state index is 13.7. The second-order valence-corrected chi connectivity index (χ2v) is 10.5. The molecular weight excluding hydrogens is 483 g/mol. The van der Waals surface area contributed by atoms with Crippen LogP contribution in [0.15, 0.2) is 72.1 Å². The standard InChI is InChI=1S/C28H30ClFN2O2S/c29-27(22-8-3-1-4-9-22)28(34)32(24-10-5-2-6-11-24)20-26(33)31(19-25-12-7-17-35-25)18-21-13-15-23(30)16-14-21/h1,3-4,7-9,12-17,24,27H,2,5-6,10-11,18-20H2. The molecule has 1 fully saturated rings. The number of benzene rings is 2. The highest BCUT2D eigenvalue weighted by Gasteiger charge is 2.33. The summed E-state index contributed by atoms with van der Waals surface area (Å²) in [4.78, 5) is 31.8. The molecule has 1 aliphatic rings. The molecule has 0 N–H and O–H groups in total. The Bertz CT molecular complexity index is 1090. The predicted molar refractivity (Wildman–Crippen MR) is 139 cm³/mol. The molecule has 0 radical (unpaired) electrons. The van der Waals surface area contributed by atoms with Gasteiger partial charge >= 0.3 is 0 Å². The van der Waals surface area contributed by atoms with Crippen LogP contribution in [0.1, 0.15) is 53.5 Å². The molecule has 35 heavy (non-hydrogen) atoms. The summed E-state index contributed by atoms with van der Waals surface area (Å²) in [5.41, 5.74) is 1.57. The van der Waals surface area contributed by atoms with Crippen molar-refractivity contribution in [2.45, 2.75) is 56.6 Å². The lowest BCUT2D eigenvalue weighted by molar-refractivity contribution is -0.143. The minimum absolute atomic E-state index is 0.000397. The van der Waals surface area contributed by atoms with Crippen molar-refractivity contribution in [3.8, 4) is 0 Å². The van der Waals surface area contributed by atoms with Gasteiger partial charge < -0.3 is 9.80 Å². The average Bonchev–Trinajstić information content (AvgIpc) is 3.41. The molecule has 3 aromatic rings. The molecule has 4 nitrogen and oxygen atoms in total. The SMILES string of the molecule is O=C(CN(C(=O)C(Cl)c1ccccc1)C1CCCCC1)N(Cc1ccc(F)cc1)Cc1cccs1. The Balaban J connectivity index is 1.56. The first kappa shape index (κ1) is 25.4. The normalized spacial score (nSPS) is 14.9. The first-order chi connectivity index (χ1) is 17.0. The lowest BCUT2D eigenvalue weighted by atomic mass is 9.93. The second kappa shape index (κ2) is 12.3. The van der Waals surface area contributed by atoms with Crippen molar-refractivity contribution in [3.05, 3.63) is 93.9 Å². The maximum absolute atomic E-state index is 13.7. The number of nitrogens with zero attached hydrogens (tertiary/aromatic N) is 2. The molecule has 0 aliphatic heterocycles. The zero-order valence-electron chi connectivity index (χ0n) is 19.6. The number of amides is 2. The Labute approximate surface area is 215 Å². The summed E-state index contributed by atoms with van der Waals surface area (Å²) in [7, 11) is 0. The zero-order valence-corrected chi connectivity index (χ0v) is 21.2. The van der Waals surface area contributed by atoms with Gasteiger partial charge in [-0.25, -0.2) is 4.39 Å². The maximum Gasteiger partial charge on any atom is 0.245 e. The molecule has 184 valence electrons. The molecule has 4 rings (SSSR count). The average molecular weight is 513 g/mol. The molecule has 1 unspecified atom stereocenters. The van der Waals surface area contributed by atoms with E-state index in [0.717, 1.165) is 48.1 Å². The molecule has 0 spiro atoms. The molecule has 0 saturated heterocycles. The van der Waals surface area contributed by atoms with Crippen LogP contribution in [0.25, 0.3) is 0 Å². The van der Waals surface area contributed by atoms with Gasteiger partial charge in [0.25, 0.3) is 0 Å². The number of halogens is 2. The Kier molecular flexibility index (Phi) is 8.94. The van der Waals surface area contributed by atoms with Crippen molar-refractivity contribution in [1.29, 1.82) is 0 Å². The van der Waals surface area contributed by atoms with Crippen LogP contribution in [0, 0.1) is 5.82 Å². The Hall–Kier alpha value is -2.70. The number of rotatable bonds is 9. The third kappa shape index (κ3) is 6.92. The number of alkyl halides is 1. The lowest BCUT2D eigenvalue weighted by Gasteiger charge is -2.36. The van der Waals surface area contributed by atoms with Crippen molar-refractivity contribution in [1.82, 2.24) is 9.80 Å². The van der Waals surface area contributed by atoms with E-state index in [1.807, 2.05) is 47.8 Å². The van der Waals surface area contributed by atoms with Crippen molar-refractivity contribution in [2.75, 3.05) is 6.54 Å². The van der Waals surface area contributed by atoms with Crippen LogP contribution < -0.4 is 0 Å². The summed E-state index contributed by atoms with van der Waals surface area (Å²) in [5.74, 6) is -0.678. The summed E-state index contributed by atoms with van der Waals surface area (Å²) in [6, 6.07) is 19.4. The van der Waals surface area contributed by atoms with Crippen LogP contribution in [0.5, 0.6) is 0 Å². The number of hydrogen-bond acceptors (Lipinski definition) is 3. The van der Waals surface area contributed by atoms with Crippen molar-refractivity contribution >= 4 is 34.8 Å². The van der Waals surface area contributed by atoms with Crippen LogP contribution in [0.3, 0.4) is 0 Å². The first-order valence-electron chi connectivity index (χ1n) is 12.1. The van der Waals surface area contributed by atoms with Gasteiger partial charge in [0.1, 0.15) is 17.7 Å². The third-order valence-electron chi connectivity index (χ3n) is 6.48. The van der Waals surface area contributed by atoms with Gasteiger partial charge in [0.15, 0.2) is 0 Å². The molecule has 2 aromatic carbocycles. The molecule has 1 aliphatic carbocycles. The van der Waals surface area contributed by atoms with E-state index in [1.165, 1.54) is 12.1 Å². The van der Waals surface area contributed by atoms with Gasteiger partial charge in [0.05, 0.1) is 6.54 Å². The minimum Gasteiger partial charge on any atom is -0.332 e. The summed E-state index contributed by atoms with van der Waals surface area (Å²) in [5, 5.41) is 1.14. The van der Waals surface area contributed by atoms with Gasteiger partial charge in [0.2, 0.25) is 11.8 Å².